The van der Waals surface area contributed by atoms with Gasteiger partial charge in [-0.25, -0.2) is 0 Å². The molecule has 1 saturated heterocycles. The summed E-state index contributed by atoms with van der Waals surface area (Å²) in [6, 6.07) is 9.78. The van der Waals surface area contributed by atoms with E-state index in [1.165, 1.54) is 11.8 Å². The predicted molar refractivity (Wildman–Crippen MR) is 89.6 cm³/mol. The fraction of sp³-hybridized carbons (Fsp3) is 0.333. The number of aromatic nitrogens is 1. The molecule has 5 heteroatoms. The number of morpholine rings is 1. The number of pyridine rings is 1. The first kappa shape index (κ1) is 16.0. The summed E-state index contributed by atoms with van der Waals surface area (Å²) in [5.41, 5.74) is 2.78. The molecule has 0 spiro atoms. The fourth-order valence-electron chi connectivity index (χ4n) is 2.88. The Hall–Kier alpha value is -1.91. The number of hydrogen-bond acceptors (Lipinski definition) is 3. The van der Waals surface area contributed by atoms with Gasteiger partial charge in [0.25, 0.3) is 5.91 Å². The van der Waals surface area contributed by atoms with Gasteiger partial charge in [0.15, 0.2) is 0 Å². The number of amides is 1. The van der Waals surface area contributed by atoms with Gasteiger partial charge in [-0.05, 0) is 31.0 Å². The summed E-state index contributed by atoms with van der Waals surface area (Å²) in [6.45, 7) is 5.07. The summed E-state index contributed by atoms with van der Waals surface area (Å²) in [5, 5.41) is 0.378. The van der Waals surface area contributed by atoms with Crippen molar-refractivity contribution in [2.24, 2.45) is 0 Å². The molecule has 1 aliphatic heterocycles. The van der Waals surface area contributed by atoms with Gasteiger partial charge in [0.2, 0.25) is 0 Å². The third kappa shape index (κ3) is 3.23. The van der Waals surface area contributed by atoms with Crippen molar-refractivity contribution < 1.29 is 9.53 Å². The Labute approximate surface area is 141 Å². The Bertz CT molecular complexity index is 720. The zero-order valence-corrected chi connectivity index (χ0v) is 14.0. The Morgan fingerprint density at radius 2 is 2.13 bits per heavy atom. The van der Waals surface area contributed by atoms with Crippen LogP contribution in [0.2, 0.25) is 5.02 Å². The van der Waals surface area contributed by atoms with Crippen LogP contribution in [0.3, 0.4) is 0 Å². The molecule has 0 radical (unpaired) electrons. The third-order valence-corrected chi connectivity index (χ3v) is 4.53. The number of benzene rings is 1. The highest BCUT2D eigenvalue weighted by molar-refractivity contribution is 6.33. The molecule has 1 amide bonds. The van der Waals surface area contributed by atoms with Crippen molar-refractivity contribution in [3.05, 3.63) is 64.4 Å². The van der Waals surface area contributed by atoms with E-state index in [0.29, 0.717) is 23.7 Å². The molecule has 1 aromatic carbocycles. The Balaban J connectivity index is 1.86. The van der Waals surface area contributed by atoms with E-state index in [-0.39, 0.29) is 18.1 Å². The molecule has 23 heavy (non-hydrogen) atoms. The van der Waals surface area contributed by atoms with Crippen molar-refractivity contribution in [2.45, 2.75) is 26.0 Å². The van der Waals surface area contributed by atoms with Crippen LogP contribution in [0.25, 0.3) is 0 Å². The molecule has 4 nitrogen and oxygen atoms in total. The monoisotopic (exact) mass is 330 g/mol. The standard InChI is InChI=1S/C18H19ClN2O2/c1-12-5-3-4-6-14(12)17-10-21(13(2)11-23-17)18(22)15-7-8-20-9-16(15)19/h3-9,13,17H,10-11H2,1-2H3/t13-,17-/m1/s1. The zero-order valence-electron chi connectivity index (χ0n) is 13.2. The van der Waals surface area contributed by atoms with Gasteiger partial charge in [-0.15, -0.1) is 0 Å². The molecule has 120 valence electrons. The first-order chi connectivity index (χ1) is 11.1. The first-order valence-corrected chi connectivity index (χ1v) is 8.03. The number of hydrogen-bond donors (Lipinski definition) is 0. The number of ether oxygens (including phenoxy) is 1. The summed E-state index contributed by atoms with van der Waals surface area (Å²) >= 11 is 6.12. The van der Waals surface area contributed by atoms with Gasteiger partial charge >= 0.3 is 0 Å². The lowest BCUT2D eigenvalue weighted by Gasteiger charge is -2.38. The Kier molecular flexibility index (Phi) is 4.64. The van der Waals surface area contributed by atoms with Crippen LogP contribution >= 0.6 is 11.6 Å². The molecule has 2 heterocycles. The van der Waals surface area contributed by atoms with E-state index in [1.54, 1.807) is 12.3 Å². The number of carbonyl (C=O) groups is 1. The second-order valence-corrected chi connectivity index (χ2v) is 6.25. The second-order valence-electron chi connectivity index (χ2n) is 5.84. The highest BCUT2D eigenvalue weighted by atomic mass is 35.5. The summed E-state index contributed by atoms with van der Waals surface area (Å²) in [4.78, 5) is 18.6. The highest BCUT2D eigenvalue weighted by Gasteiger charge is 2.32. The minimum absolute atomic E-state index is 0.00648. The smallest absolute Gasteiger partial charge is 0.255 e. The summed E-state index contributed by atoms with van der Waals surface area (Å²) < 4.78 is 5.96. The molecule has 0 bridgehead atoms. The van der Waals surface area contributed by atoms with E-state index >= 15 is 0 Å². The molecular formula is C18H19ClN2O2. The lowest BCUT2D eigenvalue weighted by atomic mass is 10.0. The fourth-order valence-corrected chi connectivity index (χ4v) is 3.08. The van der Waals surface area contributed by atoms with E-state index in [9.17, 15) is 4.79 Å². The van der Waals surface area contributed by atoms with Crippen molar-refractivity contribution in [1.29, 1.82) is 0 Å². The van der Waals surface area contributed by atoms with Crippen LogP contribution in [-0.4, -0.2) is 35.0 Å². The molecule has 1 aliphatic rings. The van der Waals surface area contributed by atoms with Crippen LogP contribution in [-0.2, 0) is 4.74 Å². The number of nitrogens with zero attached hydrogens (tertiary/aromatic N) is 2. The zero-order chi connectivity index (χ0) is 16.4. The van der Waals surface area contributed by atoms with Crippen LogP contribution < -0.4 is 0 Å². The predicted octanol–water partition coefficient (Wildman–Crippen LogP) is 3.65. The minimum atomic E-state index is -0.114. The minimum Gasteiger partial charge on any atom is -0.370 e. The molecule has 1 aromatic heterocycles. The maximum Gasteiger partial charge on any atom is 0.255 e. The lowest BCUT2D eigenvalue weighted by Crippen LogP contribution is -2.48. The van der Waals surface area contributed by atoms with Crippen molar-refractivity contribution in [3.8, 4) is 0 Å². The van der Waals surface area contributed by atoms with E-state index in [4.69, 9.17) is 16.3 Å². The molecular weight excluding hydrogens is 312 g/mol. The molecule has 0 saturated carbocycles. The number of halogens is 1. The van der Waals surface area contributed by atoms with Crippen LogP contribution in [0.15, 0.2) is 42.7 Å². The van der Waals surface area contributed by atoms with Gasteiger partial charge in [-0.1, -0.05) is 35.9 Å². The van der Waals surface area contributed by atoms with Crippen molar-refractivity contribution >= 4 is 17.5 Å². The normalized spacial score (nSPS) is 21.3. The van der Waals surface area contributed by atoms with Gasteiger partial charge in [0.1, 0.15) is 6.10 Å². The van der Waals surface area contributed by atoms with Gasteiger partial charge in [0.05, 0.1) is 29.8 Å². The average Bonchev–Trinajstić information content (AvgIpc) is 2.56. The summed E-state index contributed by atoms with van der Waals surface area (Å²) in [5.74, 6) is -0.0771. The summed E-state index contributed by atoms with van der Waals surface area (Å²) in [6.07, 6.45) is 2.97. The molecule has 2 atom stereocenters. The highest BCUT2D eigenvalue weighted by Crippen LogP contribution is 2.29. The van der Waals surface area contributed by atoms with E-state index in [2.05, 4.69) is 24.0 Å². The van der Waals surface area contributed by atoms with Crippen LogP contribution in [0.4, 0.5) is 0 Å². The first-order valence-electron chi connectivity index (χ1n) is 7.65. The molecule has 0 unspecified atom stereocenters. The molecule has 0 N–H and O–H groups in total. The third-order valence-electron chi connectivity index (χ3n) is 4.23. The lowest BCUT2D eigenvalue weighted by molar-refractivity contribution is -0.0489. The van der Waals surface area contributed by atoms with Crippen LogP contribution in [0, 0.1) is 6.92 Å². The molecule has 0 aliphatic carbocycles. The van der Waals surface area contributed by atoms with Crippen molar-refractivity contribution in [2.75, 3.05) is 13.2 Å². The number of carbonyl (C=O) groups excluding carboxylic acids is 1. The maximum atomic E-state index is 12.9. The van der Waals surface area contributed by atoms with Gasteiger partial charge in [-0.3, -0.25) is 9.78 Å². The number of rotatable bonds is 2. The molecule has 1 fully saturated rings. The quantitative estimate of drug-likeness (QED) is 0.844. The van der Waals surface area contributed by atoms with Crippen molar-refractivity contribution in [3.63, 3.8) is 0 Å². The Morgan fingerprint density at radius 3 is 2.87 bits per heavy atom. The largest absolute Gasteiger partial charge is 0.370 e. The Morgan fingerprint density at radius 1 is 1.35 bits per heavy atom. The second kappa shape index (κ2) is 6.69. The maximum absolute atomic E-state index is 12.9. The number of aryl methyl sites for hydroxylation is 1. The average molecular weight is 331 g/mol. The van der Waals surface area contributed by atoms with Crippen molar-refractivity contribution in [1.82, 2.24) is 9.88 Å². The summed E-state index contributed by atoms with van der Waals surface area (Å²) in [7, 11) is 0. The van der Waals surface area contributed by atoms with Gasteiger partial charge < -0.3 is 9.64 Å². The SMILES string of the molecule is Cc1ccccc1[C@H]1CN(C(=O)c2ccncc2Cl)[C@H](C)CO1. The topological polar surface area (TPSA) is 42.4 Å². The van der Waals surface area contributed by atoms with Gasteiger partial charge in [0, 0.05) is 12.4 Å². The van der Waals surface area contributed by atoms with Crippen LogP contribution in [0.5, 0.6) is 0 Å². The van der Waals surface area contributed by atoms with Crippen LogP contribution in [0.1, 0.15) is 34.5 Å². The molecule has 2 aromatic rings. The van der Waals surface area contributed by atoms with E-state index < -0.39 is 0 Å². The van der Waals surface area contributed by atoms with E-state index in [1.807, 2.05) is 24.0 Å². The molecule has 3 rings (SSSR count). The van der Waals surface area contributed by atoms with Gasteiger partial charge in [-0.2, -0.15) is 0 Å². The van der Waals surface area contributed by atoms with E-state index in [0.717, 1.165) is 5.56 Å².